The number of benzene rings is 1. The molecule has 0 saturated heterocycles. The Morgan fingerprint density at radius 3 is 2.21 bits per heavy atom. The monoisotopic (exact) mass is 414 g/mol. The Balaban J connectivity index is 2.80. The van der Waals surface area contributed by atoms with E-state index in [0.717, 1.165) is 6.26 Å². The lowest BCUT2D eigenvalue weighted by molar-refractivity contribution is -0.114. The summed E-state index contributed by atoms with van der Waals surface area (Å²) in [4.78, 5) is 35.2. The van der Waals surface area contributed by atoms with Gasteiger partial charge in [-0.1, -0.05) is 0 Å². The minimum Gasteiger partial charge on any atom is -0.444 e. The second-order valence-electron chi connectivity index (χ2n) is 7.00. The molecule has 11 heteroatoms. The van der Waals surface area contributed by atoms with Gasteiger partial charge in [0.2, 0.25) is 15.9 Å². The standard InChI is InChI=1S/C17H26N4O6S/c1-11(22)20-12-6-7-14(21-28(5,25)26)13(10-12)15(23)18-8-9-19-16(24)27-17(2,3)4/h6-7,10,21H,8-9H2,1-5H3,(H,18,23)(H,19,24)(H,20,22). The molecule has 0 radical (unpaired) electrons. The minimum absolute atomic E-state index is 0.0222. The van der Waals surface area contributed by atoms with E-state index in [9.17, 15) is 22.8 Å². The van der Waals surface area contributed by atoms with Crippen LogP contribution in [-0.4, -0.2) is 51.3 Å². The number of hydrogen-bond donors (Lipinski definition) is 4. The highest BCUT2D eigenvalue weighted by Crippen LogP contribution is 2.21. The van der Waals surface area contributed by atoms with Gasteiger partial charge in [-0.15, -0.1) is 0 Å². The van der Waals surface area contributed by atoms with Crippen LogP contribution in [-0.2, 0) is 19.6 Å². The summed E-state index contributed by atoms with van der Waals surface area (Å²) in [5, 5.41) is 7.58. The lowest BCUT2D eigenvalue weighted by atomic mass is 10.1. The lowest BCUT2D eigenvalue weighted by Crippen LogP contribution is -2.38. The van der Waals surface area contributed by atoms with Gasteiger partial charge in [-0.05, 0) is 39.0 Å². The van der Waals surface area contributed by atoms with Crippen molar-refractivity contribution in [3.63, 3.8) is 0 Å². The number of ether oxygens (including phenoxy) is 1. The highest BCUT2D eigenvalue weighted by Gasteiger charge is 2.17. The minimum atomic E-state index is -3.61. The van der Waals surface area contributed by atoms with E-state index in [0.29, 0.717) is 5.69 Å². The van der Waals surface area contributed by atoms with E-state index in [1.54, 1.807) is 20.8 Å². The van der Waals surface area contributed by atoms with Crippen LogP contribution in [0.3, 0.4) is 0 Å². The molecule has 156 valence electrons. The van der Waals surface area contributed by atoms with Crippen molar-refractivity contribution in [2.45, 2.75) is 33.3 Å². The van der Waals surface area contributed by atoms with Crippen molar-refractivity contribution in [3.05, 3.63) is 23.8 Å². The van der Waals surface area contributed by atoms with E-state index in [1.807, 2.05) is 0 Å². The van der Waals surface area contributed by atoms with Crippen molar-refractivity contribution < 1.29 is 27.5 Å². The summed E-state index contributed by atoms with van der Waals surface area (Å²) in [7, 11) is -3.61. The smallest absolute Gasteiger partial charge is 0.407 e. The van der Waals surface area contributed by atoms with Crippen LogP contribution in [0.15, 0.2) is 18.2 Å². The summed E-state index contributed by atoms with van der Waals surface area (Å²) < 4.78 is 30.4. The van der Waals surface area contributed by atoms with Gasteiger partial charge >= 0.3 is 6.09 Å². The van der Waals surface area contributed by atoms with Gasteiger partial charge in [-0.2, -0.15) is 0 Å². The Morgan fingerprint density at radius 2 is 1.68 bits per heavy atom. The number of anilines is 2. The quantitative estimate of drug-likeness (QED) is 0.495. The first-order valence-corrected chi connectivity index (χ1v) is 10.3. The lowest BCUT2D eigenvalue weighted by Gasteiger charge is -2.19. The van der Waals surface area contributed by atoms with Gasteiger partial charge in [-0.25, -0.2) is 13.2 Å². The van der Waals surface area contributed by atoms with E-state index in [1.165, 1.54) is 25.1 Å². The third kappa shape index (κ3) is 9.21. The maximum atomic E-state index is 12.5. The molecule has 0 atom stereocenters. The van der Waals surface area contributed by atoms with Crippen molar-refractivity contribution in [1.29, 1.82) is 0 Å². The zero-order valence-electron chi connectivity index (χ0n) is 16.5. The number of carbonyl (C=O) groups excluding carboxylic acids is 3. The Bertz CT molecular complexity index is 846. The van der Waals surface area contributed by atoms with Crippen LogP contribution in [0.5, 0.6) is 0 Å². The Morgan fingerprint density at radius 1 is 1.07 bits per heavy atom. The number of amides is 3. The fourth-order valence-electron chi connectivity index (χ4n) is 2.05. The zero-order valence-corrected chi connectivity index (χ0v) is 17.3. The third-order valence-electron chi connectivity index (χ3n) is 2.96. The SMILES string of the molecule is CC(=O)Nc1ccc(NS(C)(=O)=O)c(C(=O)NCCNC(=O)OC(C)(C)C)c1. The zero-order chi connectivity index (χ0) is 21.5. The van der Waals surface area contributed by atoms with Crippen LogP contribution in [0.25, 0.3) is 0 Å². The Kier molecular flexibility index (Phi) is 7.79. The van der Waals surface area contributed by atoms with E-state index in [2.05, 4.69) is 20.7 Å². The van der Waals surface area contributed by atoms with Gasteiger partial charge in [0.15, 0.2) is 0 Å². The molecule has 28 heavy (non-hydrogen) atoms. The molecule has 1 rings (SSSR count). The molecule has 0 fully saturated rings. The van der Waals surface area contributed by atoms with Gasteiger partial charge in [0.1, 0.15) is 5.60 Å². The highest BCUT2D eigenvalue weighted by molar-refractivity contribution is 7.92. The predicted molar refractivity (Wildman–Crippen MR) is 106 cm³/mol. The molecule has 0 unspecified atom stereocenters. The van der Waals surface area contributed by atoms with Crippen molar-refractivity contribution in [1.82, 2.24) is 10.6 Å². The number of rotatable bonds is 7. The molecular formula is C17H26N4O6S. The van der Waals surface area contributed by atoms with Gasteiger partial charge in [-0.3, -0.25) is 14.3 Å². The summed E-state index contributed by atoms with van der Waals surface area (Å²) in [6.45, 7) is 6.69. The van der Waals surface area contributed by atoms with Gasteiger partial charge in [0.25, 0.3) is 5.91 Å². The van der Waals surface area contributed by atoms with Crippen LogP contribution < -0.4 is 20.7 Å². The molecule has 0 aromatic heterocycles. The molecule has 0 aliphatic carbocycles. The largest absolute Gasteiger partial charge is 0.444 e. The first kappa shape index (κ1) is 23.2. The molecular weight excluding hydrogens is 388 g/mol. The van der Waals surface area contributed by atoms with Crippen LogP contribution in [0, 0.1) is 0 Å². The molecule has 1 aromatic carbocycles. The molecule has 1 aromatic rings. The molecule has 0 heterocycles. The van der Waals surface area contributed by atoms with Crippen LogP contribution in [0.2, 0.25) is 0 Å². The molecule has 10 nitrogen and oxygen atoms in total. The number of alkyl carbamates (subject to hydrolysis) is 1. The Labute approximate surface area is 164 Å². The van der Waals surface area contributed by atoms with Crippen LogP contribution >= 0.6 is 0 Å². The first-order valence-electron chi connectivity index (χ1n) is 8.41. The maximum absolute atomic E-state index is 12.5. The fourth-order valence-corrected chi connectivity index (χ4v) is 2.63. The van der Waals surface area contributed by atoms with E-state index >= 15 is 0 Å². The van der Waals surface area contributed by atoms with Gasteiger partial charge < -0.3 is 20.7 Å². The second kappa shape index (κ2) is 9.40. The number of carbonyl (C=O) groups is 3. The van der Waals surface area contributed by atoms with Crippen LogP contribution in [0.4, 0.5) is 16.2 Å². The maximum Gasteiger partial charge on any atom is 0.407 e. The van der Waals surface area contributed by atoms with Crippen molar-refractivity contribution >= 4 is 39.3 Å². The molecule has 3 amide bonds. The van der Waals surface area contributed by atoms with E-state index in [4.69, 9.17) is 4.74 Å². The molecule has 0 aliphatic heterocycles. The van der Waals surface area contributed by atoms with Gasteiger partial charge in [0.05, 0.1) is 17.5 Å². The molecule has 0 saturated carbocycles. The number of nitrogens with one attached hydrogen (secondary N) is 4. The predicted octanol–water partition coefficient (Wildman–Crippen LogP) is 1.27. The molecule has 0 bridgehead atoms. The number of sulfonamides is 1. The topological polar surface area (TPSA) is 143 Å². The van der Waals surface area contributed by atoms with Crippen LogP contribution in [0.1, 0.15) is 38.1 Å². The first-order chi connectivity index (χ1) is 12.8. The summed E-state index contributed by atoms with van der Waals surface area (Å²) >= 11 is 0. The molecule has 0 spiro atoms. The Hall–Kier alpha value is -2.82. The average Bonchev–Trinajstić information content (AvgIpc) is 2.49. The van der Waals surface area contributed by atoms with Crippen molar-refractivity contribution in [3.8, 4) is 0 Å². The van der Waals surface area contributed by atoms with E-state index < -0.39 is 27.6 Å². The van der Waals surface area contributed by atoms with E-state index in [-0.39, 0.29) is 30.2 Å². The average molecular weight is 414 g/mol. The fraction of sp³-hybridized carbons (Fsp3) is 0.471. The number of hydrogen-bond acceptors (Lipinski definition) is 6. The molecule has 0 aliphatic rings. The molecule has 4 N–H and O–H groups in total. The third-order valence-corrected chi connectivity index (χ3v) is 3.55. The summed E-state index contributed by atoms with van der Waals surface area (Å²) in [5.41, 5.74) is -0.212. The normalized spacial score (nSPS) is 11.3. The second-order valence-corrected chi connectivity index (χ2v) is 8.75. The van der Waals surface area contributed by atoms with Crippen molar-refractivity contribution in [2.24, 2.45) is 0 Å². The van der Waals surface area contributed by atoms with Crippen molar-refractivity contribution in [2.75, 3.05) is 29.4 Å². The highest BCUT2D eigenvalue weighted by atomic mass is 32.2. The summed E-state index contributed by atoms with van der Waals surface area (Å²) in [5.74, 6) is -0.916. The summed E-state index contributed by atoms with van der Waals surface area (Å²) in [6, 6.07) is 4.20. The summed E-state index contributed by atoms with van der Waals surface area (Å²) in [6.07, 6.45) is 0.343. The van der Waals surface area contributed by atoms with Gasteiger partial charge in [0, 0.05) is 25.7 Å².